The van der Waals surface area contributed by atoms with E-state index in [1.54, 1.807) is 6.92 Å². The number of amidine groups is 1. The zero-order chi connectivity index (χ0) is 15.8. The molecule has 1 amide bonds. The molecule has 1 aliphatic rings. The van der Waals surface area contributed by atoms with Crippen molar-refractivity contribution in [2.24, 2.45) is 10.9 Å². The number of carboxylic acids is 1. The molecule has 1 atom stereocenters. The number of hydrogen-bond acceptors (Lipinski definition) is 3. The highest BCUT2D eigenvalue weighted by atomic mass is 19.1. The summed E-state index contributed by atoms with van der Waals surface area (Å²) < 4.78 is 12.7. The van der Waals surface area contributed by atoms with Crippen LogP contribution in [-0.2, 0) is 11.5 Å². The van der Waals surface area contributed by atoms with Gasteiger partial charge in [-0.15, -0.1) is 0 Å². The number of hydrogen-bond donors (Lipinski definition) is 2. The minimum atomic E-state index is -1.18. The number of alkyl halides is 1. The highest BCUT2D eigenvalue weighted by molar-refractivity contribution is 6.18. The number of carbonyl (C=O) groups excluding carboxylic acids is 1. The van der Waals surface area contributed by atoms with E-state index in [2.05, 4.69) is 10.3 Å². The lowest BCUT2D eigenvalue weighted by Gasteiger charge is -2.21. The number of benzene rings is 1. The van der Waals surface area contributed by atoms with Crippen molar-refractivity contribution < 1.29 is 19.1 Å². The van der Waals surface area contributed by atoms with Gasteiger partial charge in [0.2, 0.25) is 0 Å². The molecule has 1 heterocycles. The van der Waals surface area contributed by atoms with Crippen LogP contribution in [0.15, 0.2) is 23.2 Å². The highest BCUT2D eigenvalue weighted by Crippen LogP contribution is 2.28. The first-order valence-electron chi connectivity index (χ1n) is 6.63. The first kappa shape index (κ1) is 15.2. The topological polar surface area (TPSA) is 78.8 Å². The summed E-state index contributed by atoms with van der Waals surface area (Å²) in [7, 11) is 0. The van der Waals surface area contributed by atoms with Crippen LogP contribution < -0.4 is 5.32 Å². The second kappa shape index (κ2) is 5.27. The molecule has 2 rings (SSSR count). The van der Waals surface area contributed by atoms with E-state index in [1.165, 1.54) is 18.2 Å². The SMILES string of the molecule is CC(C)C1(C)N=C(c2ccc(CF)cc2C(=O)O)NC1=O. The fraction of sp³-hybridized carbons (Fsp3) is 0.400. The Balaban J connectivity index is 2.53. The number of rotatable bonds is 4. The minimum absolute atomic E-state index is 0.0339. The fourth-order valence-electron chi connectivity index (χ4n) is 2.12. The molecule has 21 heavy (non-hydrogen) atoms. The molecule has 1 unspecified atom stereocenters. The van der Waals surface area contributed by atoms with Crippen molar-refractivity contribution in [3.63, 3.8) is 0 Å². The van der Waals surface area contributed by atoms with Gasteiger partial charge in [0, 0.05) is 5.56 Å². The molecule has 0 radical (unpaired) electrons. The second-order valence-corrected chi connectivity index (χ2v) is 5.54. The van der Waals surface area contributed by atoms with E-state index in [1.807, 2.05) is 13.8 Å². The molecule has 6 heteroatoms. The van der Waals surface area contributed by atoms with Gasteiger partial charge >= 0.3 is 5.97 Å². The Morgan fingerprint density at radius 2 is 2.14 bits per heavy atom. The Labute approximate surface area is 121 Å². The molecule has 2 N–H and O–H groups in total. The second-order valence-electron chi connectivity index (χ2n) is 5.54. The maximum Gasteiger partial charge on any atom is 0.336 e. The van der Waals surface area contributed by atoms with Gasteiger partial charge in [-0.2, -0.15) is 0 Å². The van der Waals surface area contributed by atoms with Crippen LogP contribution in [0.4, 0.5) is 4.39 Å². The third kappa shape index (κ3) is 2.53. The van der Waals surface area contributed by atoms with Crippen LogP contribution >= 0.6 is 0 Å². The highest BCUT2D eigenvalue weighted by Gasteiger charge is 2.42. The number of carboxylic acid groups (broad SMARTS) is 1. The van der Waals surface area contributed by atoms with Crippen molar-refractivity contribution in [1.29, 1.82) is 0 Å². The molecule has 0 spiro atoms. The smallest absolute Gasteiger partial charge is 0.336 e. The molecule has 1 aromatic rings. The summed E-state index contributed by atoms with van der Waals surface area (Å²) in [6, 6.07) is 4.22. The molecule has 0 bridgehead atoms. The monoisotopic (exact) mass is 292 g/mol. The van der Waals surface area contributed by atoms with Crippen molar-refractivity contribution in [1.82, 2.24) is 5.32 Å². The molecule has 0 aliphatic carbocycles. The Hall–Kier alpha value is -2.24. The van der Waals surface area contributed by atoms with E-state index in [-0.39, 0.29) is 34.4 Å². The lowest BCUT2D eigenvalue weighted by molar-refractivity contribution is -0.124. The van der Waals surface area contributed by atoms with Crippen LogP contribution in [-0.4, -0.2) is 28.4 Å². The number of halogens is 1. The number of amides is 1. The van der Waals surface area contributed by atoms with Gasteiger partial charge < -0.3 is 10.4 Å². The summed E-state index contributed by atoms with van der Waals surface area (Å²) in [4.78, 5) is 27.8. The summed E-state index contributed by atoms with van der Waals surface area (Å²) >= 11 is 0. The molecular weight excluding hydrogens is 275 g/mol. The summed E-state index contributed by atoms with van der Waals surface area (Å²) in [5, 5.41) is 11.9. The van der Waals surface area contributed by atoms with E-state index in [4.69, 9.17) is 0 Å². The first-order valence-corrected chi connectivity index (χ1v) is 6.63. The van der Waals surface area contributed by atoms with Gasteiger partial charge in [-0.05, 0) is 24.5 Å². The molecule has 5 nitrogen and oxygen atoms in total. The summed E-state index contributed by atoms with van der Waals surface area (Å²) in [6.45, 7) is 4.70. The average molecular weight is 292 g/mol. The van der Waals surface area contributed by atoms with Gasteiger partial charge in [-0.3, -0.25) is 9.79 Å². The predicted octanol–water partition coefficient (Wildman–Crippen LogP) is 2.15. The van der Waals surface area contributed by atoms with E-state index in [0.717, 1.165) is 0 Å². The maximum absolute atomic E-state index is 12.7. The summed E-state index contributed by atoms with van der Waals surface area (Å²) in [5.41, 5.74) is -0.438. The molecular formula is C15H17FN2O3. The normalized spacial score (nSPS) is 21.4. The lowest BCUT2D eigenvalue weighted by Crippen LogP contribution is -2.41. The number of carbonyl (C=O) groups is 2. The number of aliphatic imine (C=N–C) groups is 1. The predicted molar refractivity (Wildman–Crippen MR) is 76.1 cm³/mol. The zero-order valence-electron chi connectivity index (χ0n) is 12.1. The third-order valence-electron chi connectivity index (χ3n) is 3.88. The largest absolute Gasteiger partial charge is 0.478 e. The van der Waals surface area contributed by atoms with Crippen molar-refractivity contribution in [3.05, 3.63) is 34.9 Å². The van der Waals surface area contributed by atoms with Gasteiger partial charge in [-0.1, -0.05) is 26.0 Å². The van der Waals surface area contributed by atoms with Crippen molar-refractivity contribution in [2.75, 3.05) is 0 Å². The van der Waals surface area contributed by atoms with Crippen molar-refractivity contribution in [2.45, 2.75) is 33.0 Å². The van der Waals surface area contributed by atoms with Gasteiger partial charge in [0.25, 0.3) is 5.91 Å². The van der Waals surface area contributed by atoms with Crippen LogP contribution in [0.1, 0.15) is 42.3 Å². The minimum Gasteiger partial charge on any atom is -0.478 e. The van der Waals surface area contributed by atoms with Crippen molar-refractivity contribution in [3.8, 4) is 0 Å². The van der Waals surface area contributed by atoms with Gasteiger partial charge in [0.1, 0.15) is 18.0 Å². The van der Waals surface area contributed by atoms with Crippen LogP contribution in [0, 0.1) is 5.92 Å². The maximum atomic E-state index is 12.7. The number of nitrogens with one attached hydrogen (secondary N) is 1. The Morgan fingerprint density at radius 1 is 1.48 bits per heavy atom. The number of nitrogens with zero attached hydrogens (tertiary/aromatic N) is 1. The van der Waals surface area contributed by atoms with Crippen LogP contribution in [0.5, 0.6) is 0 Å². The van der Waals surface area contributed by atoms with E-state index < -0.39 is 18.2 Å². The number of aromatic carboxylic acids is 1. The van der Waals surface area contributed by atoms with Crippen LogP contribution in [0.25, 0.3) is 0 Å². The Kier molecular flexibility index (Phi) is 3.80. The quantitative estimate of drug-likeness (QED) is 0.892. The molecule has 0 fully saturated rings. The van der Waals surface area contributed by atoms with Crippen molar-refractivity contribution >= 4 is 17.7 Å². The lowest BCUT2D eigenvalue weighted by atomic mass is 9.89. The zero-order valence-corrected chi connectivity index (χ0v) is 12.1. The van der Waals surface area contributed by atoms with Crippen LogP contribution in [0.3, 0.4) is 0 Å². The molecule has 1 aromatic carbocycles. The molecule has 0 saturated carbocycles. The van der Waals surface area contributed by atoms with E-state index in [0.29, 0.717) is 0 Å². The van der Waals surface area contributed by atoms with E-state index >= 15 is 0 Å². The van der Waals surface area contributed by atoms with Gasteiger partial charge in [-0.25, -0.2) is 9.18 Å². The molecule has 112 valence electrons. The van der Waals surface area contributed by atoms with Gasteiger partial charge in [0.15, 0.2) is 0 Å². The molecule has 0 saturated heterocycles. The third-order valence-corrected chi connectivity index (χ3v) is 3.88. The van der Waals surface area contributed by atoms with Crippen LogP contribution in [0.2, 0.25) is 0 Å². The molecule has 1 aliphatic heterocycles. The summed E-state index contributed by atoms with van der Waals surface area (Å²) in [6.07, 6.45) is 0. The van der Waals surface area contributed by atoms with Gasteiger partial charge in [0.05, 0.1) is 5.56 Å². The average Bonchev–Trinajstić information content (AvgIpc) is 2.75. The summed E-state index contributed by atoms with van der Waals surface area (Å²) in [5.74, 6) is -1.26. The molecule has 0 aromatic heterocycles. The standard InChI is InChI=1S/C15H17FN2O3/c1-8(2)15(3)14(21)17-12(18-15)10-5-4-9(7-16)6-11(10)13(19)20/h4-6,8H,7H2,1-3H3,(H,19,20)(H,17,18,21). The fourth-order valence-corrected chi connectivity index (χ4v) is 2.12. The Morgan fingerprint density at radius 3 is 2.62 bits per heavy atom. The van der Waals surface area contributed by atoms with E-state index in [9.17, 15) is 19.1 Å². The Bertz CT molecular complexity index is 640. The first-order chi connectivity index (χ1) is 9.79.